The molecule has 1 aromatic rings. The Labute approximate surface area is 123 Å². The van der Waals surface area contributed by atoms with Gasteiger partial charge < -0.3 is 19.9 Å². The molecule has 0 saturated carbocycles. The minimum Gasteiger partial charge on any atom is -0.504 e. The third-order valence-electron chi connectivity index (χ3n) is 2.29. The van der Waals surface area contributed by atoms with E-state index in [1.165, 1.54) is 6.21 Å². The molecule has 0 aliphatic carbocycles. The number of hydrogen-bond donors (Lipinski definition) is 3. The molecule has 1 rings (SSSR count). The summed E-state index contributed by atoms with van der Waals surface area (Å²) >= 11 is 5.00. The van der Waals surface area contributed by atoms with Gasteiger partial charge in [0.05, 0.1) is 19.4 Å². The Balaban J connectivity index is 2.53. The van der Waals surface area contributed by atoms with Crippen LogP contribution in [0.2, 0.25) is 0 Å². The summed E-state index contributed by atoms with van der Waals surface area (Å²) in [5, 5.41) is 17.2. The molecule has 0 atom stereocenters. The Hall–Kier alpha value is -1.86. The van der Waals surface area contributed by atoms with E-state index in [2.05, 4.69) is 15.8 Å². The van der Waals surface area contributed by atoms with Crippen LogP contribution in [0.5, 0.6) is 11.5 Å². The molecule has 0 bridgehead atoms. The second-order valence-electron chi connectivity index (χ2n) is 3.75. The second kappa shape index (κ2) is 9.11. The van der Waals surface area contributed by atoms with Gasteiger partial charge in [0.15, 0.2) is 16.6 Å². The zero-order chi connectivity index (χ0) is 14.8. The summed E-state index contributed by atoms with van der Waals surface area (Å²) < 4.78 is 10.2. The number of aromatic hydroxyl groups is 1. The van der Waals surface area contributed by atoms with Gasteiger partial charge in [0, 0.05) is 19.2 Å². The van der Waals surface area contributed by atoms with E-state index in [0.717, 1.165) is 0 Å². The first-order chi connectivity index (χ1) is 9.69. The topological polar surface area (TPSA) is 75.1 Å². The van der Waals surface area contributed by atoms with Crippen molar-refractivity contribution in [3.63, 3.8) is 0 Å². The van der Waals surface area contributed by atoms with Crippen LogP contribution in [-0.2, 0) is 4.74 Å². The van der Waals surface area contributed by atoms with Crippen molar-refractivity contribution >= 4 is 23.5 Å². The van der Waals surface area contributed by atoms with E-state index in [1.807, 2.05) is 6.92 Å². The number of rotatable bonds is 7. The molecule has 0 spiro atoms. The van der Waals surface area contributed by atoms with Gasteiger partial charge >= 0.3 is 0 Å². The van der Waals surface area contributed by atoms with Gasteiger partial charge in [-0.2, -0.15) is 5.10 Å². The molecular weight excluding hydrogens is 278 g/mol. The number of nitrogens with zero attached hydrogens (tertiary/aromatic N) is 1. The summed E-state index contributed by atoms with van der Waals surface area (Å²) in [4.78, 5) is 0. The SMILES string of the molecule is CCOc1cccc(C=NNC(=S)NCCOC)c1O. The van der Waals surface area contributed by atoms with Crippen molar-refractivity contribution in [2.24, 2.45) is 5.10 Å². The van der Waals surface area contributed by atoms with Crippen molar-refractivity contribution in [2.45, 2.75) is 6.92 Å². The van der Waals surface area contributed by atoms with Crippen molar-refractivity contribution in [3.8, 4) is 11.5 Å². The van der Waals surface area contributed by atoms with Crippen LogP contribution in [0, 0.1) is 0 Å². The highest BCUT2D eigenvalue weighted by molar-refractivity contribution is 7.80. The molecule has 7 heteroatoms. The molecule has 0 aliphatic rings. The normalized spacial score (nSPS) is 10.5. The lowest BCUT2D eigenvalue weighted by molar-refractivity contribution is 0.204. The fourth-order valence-electron chi connectivity index (χ4n) is 1.38. The van der Waals surface area contributed by atoms with E-state index in [0.29, 0.717) is 36.2 Å². The maximum absolute atomic E-state index is 9.95. The molecule has 0 unspecified atom stereocenters. The molecule has 0 aromatic heterocycles. The van der Waals surface area contributed by atoms with Gasteiger partial charge in [-0.3, -0.25) is 5.43 Å². The molecule has 110 valence electrons. The number of hydrazone groups is 1. The quantitative estimate of drug-likeness (QED) is 0.304. The van der Waals surface area contributed by atoms with Crippen molar-refractivity contribution in [1.29, 1.82) is 0 Å². The summed E-state index contributed by atoms with van der Waals surface area (Å²) in [6.07, 6.45) is 1.47. The smallest absolute Gasteiger partial charge is 0.187 e. The zero-order valence-corrected chi connectivity index (χ0v) is 12.4. The molecule has 3 N–H and O–H groups in total. The Morgan fingerprint density at radius 1 is 1.50 bits per heavy atom. The fraction of sp³-hybridized carbons (Fsp3) is 0.385. The second-order valence-corrected chi connectivity index (χ2v) is 4.15. The number of nitrogens with one attached hydrogen (secondary N) is 2. The first kappa shape index (κ1) is 16.2. The predicted molar refractivity (Wildman–Crippen MR) is 82.5 cm³/mol. The molecule has 0 fully saturated rings. The highest BCUT2D eigenvalue weighted by Crippen LogP contribution is 2.28. The summed E-state index contributed by atoms with van der Waals surface area (Å²) in [7, 11) is 1.62. The van der Waals surface area contributed by atoms with Crippen LogP contribution in [0.15, 0.2) is 23.3 Å². The maximum Gasteiger partial charge on any atom is 0.187 e. The largest absolute Gasteiger partial charge is 0.504 e. The molecule has 0 amide bonds. The third-order valence-corrected chi connectivity index (χ3v) is 2.53. The Morgan fingerprint density at radius 3 is 3.00 bits per heavy atom. The van der Waals surface area contributed by atoms with E-state index < -0.39 is 0 Å². The van der Waals surface area contributed by atoms with Crippen molar-refractivity contribution < 1.29 is 14.6 Å². The summed E-state index contributed by atoms with van der Waals surface area (Å²) in [5.41, 5.74) is 3.20. The molecule has 0 saturated heterocycles. The van der Waals surface area contributed by atoms with Crippen LogP contribution in [0.25, 0.3) is 0 Å². The average molecular weight is 297 g/mol. The number of methoxy groups -OCH3 is 1. The number of thiocarbonyl (C=S) groups is 1. The van der Waals surface area contributed by atoms with Crippen molar-refractivity contribution in [3.05, 3.63) is 23.8 Å². The third kappa shape index (κ3) is 5.41. The van der Waals surface area contributed by atoms with Gasteiger partial charge in [0.1, 0.15) is 0 Å². The average Bonchev–Trinajstić information content (AvgIpc) is 2.43. The lowest BCUT2D eigenvalue weighted by atomic mass is 10.2. The number of phenols is 1. The Morgan fingerprint density at radius 2 is 2.30 bits per heavy atom. The maximum atomic E-state index is 9.95. The van der Waals surface area contributed by atoms with Crippen molar-refractivity contribution in [2.75, 3.05) is 26.9 Å². The number of ether oxygens (including phenoxy) is 2. The lowest BCUT2D eigenvalue weighted by Crippen LogP contribution is -2.34. The molecule has 6 nitrogen and oxygen atoms in total. The van der Waals surface area contributed by atoms with Crippen LogP contribution >= 0.6 is 12.2 Å². The Bertz CT molecular complexity index is 466. The van der Waals surface area contributed by atoms with Gasteiger partial charge in [-0.25, -0.2) is 0 Å². The van der Waals surface area contributed by atoms with Crippen LogP contribution in [0.1, 0.15) is 12.5 Å². The van der Waals surface area contributed by atoms with Crippen LogP contribution in [0.4, 0.5) is 0 Å². The van der Waals surface area contributed by atoms with Gasteiger partial charge in [0.2, 0.25) is 0 Å². The lowest BCUT2D eigenvalue weighted by Gasteiger charge is -2.08. The summed E-state index contributed by atoms with van der Waals surface area (Å²) in [5.74, 6) is 0.482. The van der Waals surface area contributed by atoms with Gasteiger partial charge in [-0.1, -0.05) is 6.07 Å². The highest BCUT2D eigenvalue weighted by Gasteiger charge is 2.05. The van der Waals surface area contributed by atoms with E-state index in [4.69, 9.17) is 21.7 Å². The van der Waals surface area contributed by atoms with Crippen LogP contribution < -0.4 is 15.5 Å². The van der Waals surface area contributed by atoms with Gasteiger partial charge in [-0.15, -0.1) is 0 Å². The number of hydrogen-bond acceptors (Lipinski definition) is 5. The highest BCUT2D eigenvalue weighted by atomic mass is 32.1. The molecule has 0 radical (unpaired) electrons. The van der Waals surface area contributed by atoms with E-state index in [-0.39, 0.29) is 5.75 Å². The first-order valence-electron chi connectivity index (χ1n) is 6.19. The predicted octanol–water partition coefficient (Wildman–Crippen LogP) is 1.24. The number of phenolic OH excluding ortho intramolecular Hbond substituents is 1. The zero-order valence-electron chi connectivity index (χ0n) is 11.5. The van der Waals surface area contributed by atoms with E-state index >= 15 is 0 Å². The summed E-state index contributed by atoms with van der Waals surface area (Å²) in [6, 6.07) is 5.20. The summed E-state index contributed by atoms with van der Waals surface area (Å²) in [6.45, 7) is 3.50. The molecule has 20 heavy (non-hydrogen) atoms. The monoisotopic (exact) mass is 297 g/mol. The molecule has 0 heterocycles. The Kier molecular flexibility index (Phi) is 7.38. The van der Waals surface area contributed by atoms with E-state index in [9.17, 15) is 5.11 Å². The molecule has 0 aliphatic heterocycles. The first-order valence-corrected chi connectivity index (χ1v) is 6.60. The fourth-order valence-corrected chi connectivity index (χ4v) is 1.54. The molecular formula is C13H19N3O3S. The number of para-hydroxylation sites is 1. The van der Waals surface area contributed by atoms with Crippen LogP contribution in [0.3, 0.4) is 0 Å². The minimum atomic E-state index is 0.0539. The minimum absolute atomic E-state index is 0.0539. The van der Waals surface area contributed by atoms with E-state index in [1.54, 1.807) is 25.3 Å². The van der Waals surface area contributed by atoms with Gasteiger partial charge in [-0.05, 0) is 31.3 Å². The molecule has 1 aromatic carbocycles. The standard InChI is InChI=1S/C13H19N3O3S/c1-3-19-11-6-4-5-10(12(11)17)9-15-16-13(20)14-7-8-18-2/h4-6,9,17H,3,7-8H2,1-2H3,(H2,14,16,20). The van der Waals surface area contributed by atoms with Gasteiger partial charge in [0.25, 0.3) is 0 Å². The van der Waals surface area contributed by atoms with Crippen molar-refractivity contribution in [1.82, 2.24) is 10.7 Å². The number of benzene rings is 1. The van der Waals surface area contributed by atoms with Crippen LogP contribution in [-0.4, -0.2) is 43.3 Å².